The smallest absolute Gasteiger partial charge is 0.234 e. The lowest BCUT2D eigenvalue weighted by molar-refractivity contribution is 0.235. The molecule has 142 valence electrons. The molecular weight excluding hydrogens is 328 g/mol. The van der Waals surface area contributed by atoms with Gasteiger partial charge in [0.2, 0.25) is 5.89 Å². The van der Waals surface area contributed by atoms with Crippen LogP contribution in [0.15, 0.2) is 8.94 Å². The van der Waals surface area contributed by atoms with Crippen LogP contribution in [0.1, 0.15) is 87.9 Å². The Morgan fingerprint density at radius 3 is 2.65 bits per heavy atom. The monoisotopic (exact) mass is 358 g/mol. The van der Waals surface area contributed by atoms with Crippen molar-refractivity contribution in [1.29, 1.82) is 0 Å². The van der Waals surface area contributed by atoms with Crippen LogP contribution in [0.25, 0.3) is 0 Å². The second-order valence-corrected chi connectivity index (χ2v) is 8.74. The van der Waals surface area contributed by atoms with Crippen LogP contribution >= 0.6 is 0 Å². The van der Waals surface area contributed by atoms with E-state index in [9.17, 15) is 0 Å². The highest BCUT2D eigenvalue weighted by Crippen LogP contribution is 2.50. The molecule has 1 saturated heterocycles. The SMILES string of the molecule is Cc1nc(C(C)C)oc1CN1C[C@H]2CCC[C@@]2(c2nc(C(C)C)no2)C1. The molecule has 0 radical (unpaired) electrons. The van der Waals surface area contributed by atoms with Crippen molar-refractivity contribution in [2.75, 3.05) is 13.1 Å². The van der Waals surface area contributed by atoms with E-state index in [0.717, 1.165) is 55.1 Å². The number of nitrogens with zero attached hydrogens (tertiary/aromatic N) is 4. The van der Waals surface area contributed by atoms with Crippen molar-refractivity contribution in [1.82, 2.24) is 20.0 Å². The van der Waals surface area contributed by atoms with Gasteiger partial charge < -0.3 is 8.94 Å². The average molecular weight is 358 g/mol. The van der Waals surface area contributed by atoms with Crippen molar-refractivity contribution in [3.8, 4) is 0 Å². The largest absolute Gasteiger partial charge is 0.444 e. The quantitative estimate of drug-likeness (QED) is 0.799. The minimum atomic E-state index is 0.0228. The van der Waals surface area contributed by atoms with Crippen LogP contribution < -0.4 is 0 Å². The van der Waals surface area contributed by atoms with Gasteiger partial charge in [0.15, 0.2) is 11.7 Å². The number of aromatic nitrogens is 3. The van der Waals surface area contributed by atoms with E-state index in [0.29, 0.717) is 17.8 Å². The summed E-state index contributed by atoms with van der Waals surface area (Å²) in [5.41, 5.74) is 1.04. The van der Waals surface area contributed by atoms with Crippen molar-refractivity contribution >= 4 is 0 Å². The molecule has 1 saturated carbocycles. The maximum Gasteiger partial charge on any atom is 0.234 e. The van der Waals surface area contributed by atoms with E-state index in [1.807, 2.05) is 6.92 Å². The van der Waals surface area contributed by atoms with Crippen LogP contribution in [0.4, 0.5) is 0 Å². The third-order valence-electron chi connectivity index (χ3n) is 6.10. The van der Waals surface area contributed by atoms with Crippen molar-refractivity contribution in [3.05, 3.63) is 29.1 Å². The molecule has 6 nitrogen and oxygen atoms in total. The predicted molar refractivity (Wildman–Crippen MR) is 98.0 cm³/mol. The van der Waals surface area contributed by atoms with Crippen LogP contribution in [-0.2, 0) is 12.0 Å². The Balaban J connectivity index is 1.55. The van der Waals surface area contributed by atoms with E-state index < -0.39 is 0 Å². The highest BCUT2D eigenvalue weighted by molar-refractivity contribution is 5.19. The maximum absolute atomic E-state index is 6.03. The third-order valence-corrected chi connectivity index (χ3v) is 6.10. The van der Waals surface area contributed by atoms with Crippen molar-refractivity contribution in [2.24, 2.45) is 5.92 Å². The summed E-state index contributed by atoms with van der Waals surface area (Å²) in [6.07, 6.45) is 3.62. The van der Waals surface area contributed by atoms with Gasteiger partial charge in [-0.2, -0.15) is 4.98 Å². The molecular formula is C20H30N4O2. The summed E-state index contributed by atoms with van der Waals surface area (Å²) >= 11 is 0. The van der Waals surface area contributed by atoms with Crippen LogP contribution in [0.3, 0.4) is 0 Å². The zero-order valence-electron chi connectivity index (χ0n) is 16.6. The highest BCUT2D eigenvalue weighted by Gasteiger charge is 2.54. The fourth-order valence-electron chi connectivity index (χ4n) is 4.58. The average Bonchev–Trinajstić information content (AvgIpc) is 3.30. The molecule has 4 rings (SSSR count). The van der Waals surface area contributed by atoms with E-state index >= 15 is 0 Å². The maximum atomic E-state index is 6.03. The second kappa shape index (κ2) is 6.48. The topological polar surface area (TPSA) is 68.2 Å². The van der Waals surface area contributed by atoms with E-state index in [1.54, 1.807) is 0 Å². The highest BCUT2D eigenvalue weighted by atomic mass is 16.5. The molecule has 26 heavy (non-hydrogen) atoms. The first-order valence-corrected chi connectivity index (χ1v) is 9.91. The van der Waals surface area contributed by atoms with Crippen LogP contribution in [0.2, 0.25) is 0 Å². The number of rotatable bonds is 5. The van der Waals surface area contributed by atoms with Gasteiger partial charge in [-0.1, -0.05) is 39.3 Å². The molecule has 2 aliphatic rings. The molecule has 0 bridgehead atoms. The molecule has 3 heterocycles. The lowest BCUT2D eigenvalue weighted by atomic mass is 9.80. The standard InChI is InChI=1S/C20H30N4O2/c1-12(2)17-22-19(26-23-17)20-8-6-7-15(20)9-24(11-20)10-16-14(5)21-18(25-16)13(3)4/h12-13,15H,6-11H2,1-5H3/t15-,20-/m1/s1. The van der Waals surface area contributed by atoms with Crippen LogP contribution in [-0.4, -0.2) is 33.1 Å². The molecule has 1 aliphatic heterocycles. The molecule has 1 aliphatic carbocycles. The molecule has 0 spiro atoms. The Bertz CT molecular complexity index is 779. The molecule has 2 atom stereocenters. The van der Waals surface area contributed by atoms with E-state index in [2.05, 4.69) is 42.7 Å². The van der Waals surface area contributed by atoms with Crippen molar-refractivity contribution in [2.45, 2.75) is 77.7 Å². The van der Waals surface area contributed by atoms with Crippen LogP contribution in [0.5, 0.6) is 0 Å². The normalized spacial score (nSPS) is 26.3. The molecule has 2 fully saturated rings. The summed E-state index contributed by atoms with van der Waals surface area (Å²) in [5.74, 6) is 4.72. The van der Waals surface area contributed by atoms with Gasteiger partial charge in [0.1, 0.15) is 5.76 Å². The summed E-state index contributed by atoms with van der Waals surface area (Å²) in [4.78, 5) is 11.8. The second-order valence-electron chi connectivity index (χ2n) is 8.74. The number of aryl methyl sites for hydroxylation is 1. The first kappa shape index (κ1) is 17.7. The Morgan fingerprint density at radius 2 is 2.00 bits per heavy atom. The lowest BCUT2D eigenvalue weighted by Crippen LogP contribution is -2.32. The van der Waals surface area contributed by atoms with E-state index in [4.69, 9.17) is 13.9 Å². The summed E-state index contributed by atoms with van der Waals surface area (Å²) < 4.78 is 11.8. The zero-order chi connectivity index (χ0) is 18.5. The molecule has 6 heteroatoms. The van der Waals surface area contributed by atoms with Crippen molar-refractivity contribution < 1.29 is 8.94 Å². The van der Waals surface area contributed by atoms with E-state index in [-0.39, 0.29) is 5.41 Å². The van der Waals surface area contributed by atoms with Gasteiger partial charge in [-0.25, -0.2) is 4.98 Å². The number of fused-ring (bicyclic) bond motifs is 1. The van der Waals surface area contributed by atoms with Gasteiger partial charge in [-0.3, -0.25) is 4.90 Å². The summed E-state index contributed by atoms with van der Waals surface area (Å²) in [5, 5.41) is 4.23. The molecule has 2 aromatic rings. The third kappa shape index (κ3) is 2.88. The molecule has 0 amide bonds. The van der Waals surface area contributed by atoms with Gasteiger partial charge in [0.25, 0.3) is 0 Å². The van der Waals surface area contributed by atoms with Crippen LogP contribution in [0, 0.1) is 12.8 Å². The summed E-state index contributed by atoms with van der Waals surface area (Å²) in [6.45, 7) is 13.3. The number of likely N-dealkylation sites (tertiary alicyclic amines) is 1. The zero-order valence-corrected chi connectivity index (χ0v) is 16.6. The van der Waals surface area contributed by atoms with Gasteiger partial charge in [0, 0.05) is 24.9 Å². The number of hydrogen-bond donors (Lipinski definition) is 0. The minimum Gasteiger partial charge on any atom is -0.444 e. The molecule has 0 aromatic carbocycles. The first-order chi connectivity index (χ1) is 12.4. The molecule has 2 aromatic heterocycles. The summed E-state index contributed by atoms with van der Waals surface area (Å²) in [7, 11) is 0. The number of oxazole rings is 1. The molecule has 0 N–H and O–H groups in total. The fraction of sp³-hybridized carbons (Fsp3) is 0.750. The Labute approximate surface area is 155 Å². The van der Waals surface area contributed by atoms with Gasteiger partial charge in [-0.15, -0.1) is 0 Å². The number of hydrogen-bond acceptors (Lipinski definition) is 6. The Morgan fingerprint density at radius 1 is 1.19 bits per heavy atom. The minimum absolute atomic E-state index is 0.0228. The Kier molecular flexibility index (Phi) is 4.41. The van der Waals surface area contributed by atoms with Gasteiger partial charge in [-0.05, 0) is 25.7 Å². The Hall–Kier alpha value is -1.69. The molecule has 0 unspecified atom stereocenters. The van der Waals surface area contributed by atoms with Gasteiger partial charge in [0.05, 0.1) is 17.7 Å². The van der Waals surface area contributed by atoms with Crippen molar-refractivity contribution in [3.63, 3.8) is 0 Å². The lowest BCUT2D eigenvalue weighted by Gasteiger charge is -2.24. The first-order valence-electron chi connectivity index (χ1n) is 9.91. The fourth-order valence-corrected chi connectivity index (χ4v) is 4.58. The van der Waals surface area contributed by atoms with Gasteiger partial charge >= 0.3 is 0 Å². The van der Waals surface area contributed by atoms with E-state index in [1.165, 1.54) is 12.8 Å². The summed E-state index contributed by atoms with van der Waals surface area (Å²) in [6, 6.07) is 0. The predicted octanol–water partition coefficient (Wildman–Crippen LogP) is 4.17.